The van der Waals surface area contributed by atoms with Gasteiger partial charge < -0.3 is 10.1 Å². The summed E-state index contributed by atoms with van der Waals surface area (Å²) in [4.78, 5) is 11.3. The molecule has 1 aromatic rings. The number of rotatable bonds is 4. The Morgan fingerprint density at radius 3 is 2.76 bits per heavy atom. The summed E-state index contributed by atoms with van der Waals surface area (Å²) >= 11 is 0. The zero-order chi connectivity index (χ0) is 12.1. The van der Waals surface area contributed by atoms with Gasteiger partial charge in [-0.25, -0.2) is 0 Å². The van der Waals surface area contributed by atoms with Crippen LogP contribution in [0.25, 0.3) is 0 Å². The maximum Gasteiger partial charge on any atom is 0.305 e. The van der Waals surface area contributed by atoms with E-state index < -0.39 is 0 Å². The maximum absolute atomic E-state index is 11.3. The van der Waals surface area contributed by atoms with Gasteiger partial charge in [0.15, 0.2) is 0 Å². The number of hydrogen-bond acceptors (Lipinski definition) is 3. The Kier molecular flexibility index (Phi) is 3.79. The number of esters is 1. The van der Waals surface area contributed by atoms with Crippen molar-refractivity contribution in [2.24, 2.45) is 0 Å². The second-order valence-electron chi connectivity index (χ2n) is 4.49. The van der Waals surface area contributed by atoms with Gasteiger partial charge in [0, 0.05) is 6.42 Å². The fraction of sp³-hybridized carbons (Fsp3) is 0.500. The molecule has 92 valence electrons. The summed E-state index contributed by atoms with van der Waals surface area (Å²) in [5.74, 6) is -0.131. The van der Waals surface area contributed by atoms with Crippen molar-refractivity contribution in [3.05, 3.63) is 35.9 Å². The first-order valence-corrected chi connectivity index (χ1v) is 6.23. The highest BCUT2D eigenvalue weighted by molar-refractivity contribution is 5.68. The van der Waals surface area contributed by atoms with E-state index in [0.29, 0.717) is 13.0 Å². The third kappa shape index (κ3) is 2.67. The van der Waals surface area contributed by atoms with Crippen LogP contribution in [0.4, 0.5) is 0 Å². The van der Waals surface area contributed by atoms with Crippen LogP contribution in [-0.2, 0) is 15.1 Å². The van der Waals surface area contributed by atoms with E-state index in [1.54, 1.807) is 0 Å². The Balaban J connectivity index is 2.13. The van der Waals surface area contributed by atoms with Crippen LogP contribution in [0.15, 0.2) is 30.3 Å². The van der Waals surface area contributed by atoms with E-state index in [0.717, 1.165) is 19.4 Å². The van der Waals surface area contributed by atoms with Crippen LogP contribution in [0, 0.1) is 0 Å². The lowest BCUT2D eigenvalue weighted by atomic mass is 9.89. The molecule has 1 unspecified atom stereocenters. The van der Waals surface area contributed by atoms with E-state index in [4.69, 9.17) is 4.74 Å². The highest BCUT2D eigenvalue weighted by Crippen LogP contribution is 2.31. The van der Waals surface area contributed by atoms with Crippen LogP contribution < -0.4 is 5.32 Å². The monoisotopic (exact) mass is 233 g/mol. The van der Waals surface area contributed by atoms with Crippen LogP contribution in [0.2, 0.25) is 0 Å². The Morgan fingerprint density at radius 2 is 2.18 bits per heavy atom. The molecule has 1 saturated heterocycles. The molecule has 0 aliphatic carbocycles. The van der Waals surface area contributed by atoms with Gasteiger partial charge in [0.1, 0.15) is 6.61 Å². The predicted octanol–water partition coefficient (Wildman–Crippen LogP) is 2.22. The number of benzene rings is 1. The zero-order valence-corrected chi connectivity index (χ0v) is 10.2. The topological polar surface area (TPSA) is 38.3 Å². The summed E-state index contributed by atoms with van der Waals surface area (Å²) in [6.45, 7) is 3.24. The van der Waals surface area contributed by atoms with Gasteiger partial charge >= 0.3 is 5.97 Å². The minimum absolute atomic E-state index is 0.131. The third-order valence-electron chi connectivity index (χ3n) is 3.34. The van der Waals surface area contributed by atoms with Crippen molar-refractivity contribution in [1.29, 1.82) is 0 Å². The first kappa shape index (κ1) is 12.1. The molecule has 3 nitrogen and oxygen atoms in total. The van der Waals surface area contributed by atoms with E-state index >= 15 is 0 Å². The predicted molar refractivity (Wildman–Crippen MR) is 66.6 cm³/mol. The first-order chi connectivity index (χ1) is 8.27. The van der Waals surface area contributed by atoms with Crippen molar-refractivity contribution in [2.75, 3.05) is 13.2 Å². The van der Waals surface area contributed by atoms with Crippen LogP contribution in [0.5, 0.6) is 0 Å². The molecule has 1 atom stereocenters. The Bertz CT molecular complexity index is 369. The number of carbonyl (C=O) groups excluding carboxylic acids is 1. The summed E-state index contributed by atoms with van der Waals surface area (Å²) in [6, 6.07) is 10.2. The first-order valence-electron chi connectivity index (χ1n) is 6.23. The molecule has 1 heterocycles. The molecule has 0 amide bonds. The lowest BCUT2D eigenvalue weighted by molar-refractivity contribution is -0.145. The molecule has 17 heavy (non-hydrogen) atoms. The molecule has 2 rings (SSSR count). The molecular formula is C14H19NO2. The summed E-state index contributed by atoms with van der Waals surface area (Å²) in [7, 11) is 0. The van der Waals surface area contributed by atoms with Crippen molar-refractivity contribution < 1.29 is 9.53 Å². The normalized spacial score (nSPS) is 23.6. The Hall–Kier alpha value is -1.35. The van der Waals surface area contributed by atoms with E-state index in [2.05, 4.69) is 17.4 Å². The summed E-state index contributed by atoms with van der Waals surface area (Å²) in [5.41, 5.74) is 1.04. The standard InChI is InChI=1S/C14H19NO2/c1-2-13(16)17-11-14(9-6-10-15-14)12-7-4-3-5-8-12/h3-5,7-8,15H,2,6,9-11H2,1H3. The van der Waals surface area contributed by atoms with Gasteiger partial charge in [-0.15, -0.1) is 0 Å². The minimum atomic E-state index is -0.175. The molecule has 1 N–H and O–H groups in total. The lowest BCUT2D eigenvalue weighted by Crippen LogP contribution is -2.41. The zero-order valence-electron chi connectivity index (χ0n) is 10.2. The highest BCUT2D eigenvalue weighted by atomic mass is 16.5. The quantitative estimate of drug-likeness (QED) is 0.810. The van der Waals surface area contributed by atoms with Gasteiger partial charge in [-0.3, -0.25) is 4.79 Å². The molecule has 1 aliphatic rings. The number of hydrogen-bond donors (Lipinski definition) is 1. The van der Waals surface area contributed by atoms with E-state index in [-0.39, 0.29) is 11.5 Å². The van der Waals surface area contributed by atoms with Crippen LogP contribution in [-0.4, -0.2) is 19.1 Å². The molecule has 1 aromatic carbocycles. The molecular weight excluding hydrogens is 214 g/mol. The van der Waals surface area contributed by atoms with Gasteiger partial charge in [0.05, 0.1) is 5.54 Å². The van der Waals surface area contributed by atoms with Crippen LogP contribution in [0.1, 0.15) is 31.7 Å². The number of nitrogens with one attached hydrogen (secondary N) is 1. The maximum atomic E-state index is 11.3. The van der Waals surface area contributed by atoms with E-state index in [1.807, 2.05) is 25.1 Å². The molecule has 3 heteroatoms. The molecule has 0 radical (unpaired) electrons. The molecule has 1 aliphatic heterocycles. The third-order valence-corrected chi connectivity index (χ3v) is 3.34. The molecule has 0 aromatic heterocycles. The summed E-state index contributed by atoms with van der Waals surface area (Å²) in [6.07, 6.45) is 2.58. The minimum Gasteiger partial charge on any atom is -0.463 e. The van der Waals surface area contributed by atoms with Crippen molar-refractivity contribution in [3.8, 4) is 0 Å². The second-order valence-corrected chi connectivity index (χ2v) is 4.49. The molecule has 0 bridgehead atoms. The fourth-order valence-electron chi connectivity index (χ4n) is 2.32. The second kappa shape index (κ2) is 5.32. The average Bonchev–Trinajstić information content (AvgIpc) is 2.87. The van der Waals surface area contributed by atoms with Gasteiger partial charge in [0.25, 0.3) is 0 Å². The smallest absolute Gasteiger partial charge is 0.305 e. The van der Waals surface area contributed by atoms with Gasteiger partial charge in [0.2, 0.25) is 0 Å². The van der Waals surface area contributed by atoms with Crippen molar-refractivity contribution in [3.63, 3.8) is 0 Å². The molecule has 0 saturated carbocycles. The van der Waals surface area contributed by atoms with E-state index in [9.17, 15) is 4.79 Å². The SMILES string of the molecule is CCC(=O)OCC1(c2ccccc2)CCCN1. The Labute approximate surface area is 102 Å². The van der Waals surface area contributed by atoms with Crippen LogP contribution >= 0.6 is 0 Å². The largest absolute Gasteiger partial charge is 0.463 e. The molecule has 0 spiro atoms. The highest BCUT2D eigenvalue weighted by Gasteiger charge is 2.36. The van der Waals surface area contributed by atoms with E-state index in [1.165, 1.54) is 5.56 Å². The molecule has 1 fully saturated rings. The summed E-state index contributed by atoms with van der Waals surface area (Å²) in [5, 5.41) is 3.49. The number of carbonyl (C=O) groups is 1. The van der Waals surface area contributed by atoms with Gasteiger partial charge in [-0.1, -0.05) is 37.3 Å². The Morgan fingerprint density at radius 1 is 1.41 bits per heavy atom. The summed E-state index contributed by atoms with van der Waals surface area (Å²) < 4.78 is 5.33. The fourth-order valence-corrected chi connectivity index (χ4v) is 2.32. The van der Waals surface area contributed by atoms with Crippen molar-refractivity contribution in [2.45, 2.75) is 31.7 Å². The average molecular weight is 233 g/mol. The lowest BCUT2D eigenvalue weighted by Gasteiger charge is -2.29. The van der Waals surface area contributed by atoms with Gasteiger partial charge in [-0.05, 0) is 24.9 Å². The van der Waals surface area contributed by atoms with Crippen LogP contribution in [0.3, 0.4) is 0 Å². The van der Waals surface area contributed by atoms with Crippen molar-refractivity contribution >= 4 is 5.97 Å². The number of ether oxygens (including phenoxy) is 1. The van der Waals surface area contributed by atoms with Crippen molar-refractivity contribution in [1.82, 2.24) is 5.32 Å². The van der Waals surface area contributed by atoms with Gasteiger partial charge in [-0.2, -0.15) is 0 Å².